The second-order valence-corrected chi connectivity index (χ2v) is 6.07. The van der Waals surface area contributed by atoms with E-state index in [1.807, 2.05) is 0 Å². The van der Waals surface area contributed by atoms with Gasteiger partial charge in [-0.1, -0.05) is 0 Å². The summed E-state index contributed by atoms with van der Waals surface area (Å²) in [5, 5.41) is 12.1. The first-order valence-electron chi connectivity index (χ1n) is 5.74. The molecule has 2 aromatic rings. The summed E-state index contributed by atoms with van der Waals surface area (Å²) in [6.45, 7) is -0.900. The zero-order valence-corrected chi connectivity index (χ0v) is 11.6. The Bertz CT molecular complexity index is 755. The van der Waals surface area contributed by atoms with Crippen LogP contribution in [0.1, 0.15) is 17.7 Å². The molecule has 1 aromatic heterocycles. The molecule has 0 radical (unpaired) electrons. The number of sulfone groups is 1. The van der Waals surface area contributed by atoms with Crippen molar-refractivity contribution in [1.29, 1.82) is 0 Å². The Morgan fingerprint density at radius 3 is 2.33 bits per heavy atom. The third kappa shape index (κ3) is 2.66. The molecule has 0 unspecified atom stereocenters. The van der Waals surface area contributed by atoms with Crippen molar-refractivity contribution in [1.82, 2.24) is 9.78 Å². The lowest BCUT2D eigenvalue weighted by Crippen LogP contribution is -2.10. The van der Waals surface area contributed by atoms with Crippen LogP contribution < -0.4 is 0 Å². The third-order valence-corrected chi connectivity index (χ3v) is 4.77. The van der Waals surface area contributed by atoms with E-state index in [2.05, 4.69) is 5.10 Å². The SMILES string of the molecule is Cn1nc(C(F)F)c(CO)c1S(=O)(=O)c1ccc(F)cc1. The highest BCUT2D eigenvalue weighted by Gasteiger charge is 2.31. The molecule has 0 bridgehead atoms. The molecule has 1 aromatic carbocycles. The molecule has 5 nitrogen and oxygen atoms in total. The standard InChI is InChI=1S/C12H11F3N2O3S/c1-17-12(9(6-18)10(16-17)11(14)15)21(19,20)8-4-2-7(13)3-5-8/h2-5,11,18H,6H2,1H3. The number of aromatic nitrogens is 2. The van der Waals surface area contributed by atoms with Crippen LogP contribution in [0.5, 0.6) is 0 Å². The maximum absolute atomic E-state index is 12.9. The molecule has 2 rings (SSSR count). The molecule has 0 saturated heterocycles. The monoisotopic (exact) mass is 320 g/mol. The Hall–Kier alpha value is -1.87. The molecule has 0 aliphatic carbocycles. The van der Waals surface area contributed by atoms with Gasteiger partial charge in [0.05, 0.1) is 11.5 Å². The number of aryl methyl sites for hydroxylation is 1. The van der Waals surface area contributed by atoms with E-state index < -0.39 is 45.0 Å². The Morgan fingerprint density at radius 1 is 1.29 bits per heavy atom. The third-order valence-electron chi connectivity index (χ3n) is 2.86. The van der Waals surface area contributed by atoms with E-state index in [0.717, 1.165) is 28.9 Å². The number of benzene rings is 1. The number of alkyl halides is 2. The first-order chi connectivity index (χ1) is 9.78. The van der Waals surface area contributed by atoms with E-state index >= 15 is 0 Å². The van der Waals surface area contributed by atoms with Crippen LogP contribution in [0.25, 0.3) is 0 Å². The fourth-order valence-corrected chi connectivity index (χ4v) is 3.56. The molecule has 0 saturated carbocycles. The van der Waals surface area contributed by atoms with Gasteiger partial charge in [-0.25, -0.2) is 21.6 Å². The Kier molecular flexibility index (Phi) is 4.06. The Morgan fingerprint density at radius 2 is 1.86 bits per heavy atom. The quantitative estimate of drug-likeness (QED) is 0.872. The van der Waals surface area contributed by atoms with Gasteiger partial charge in [-0.05, 0) is 24.3 Å². The number of aliphatic hydroxyl groups is 1. The fourth-order valence-electron chi connectivity index (χ4n) is 1.96. The zero-order chi connectivity index (χ0) is 15.8. The molecule has 0 fully saturated rings. The minimum Gasteiger partial charge on any atom is -0.391 e. The summed E-state index contributed by atoms with van der Waals surface area (Å²) in [4.78, 5) is -0.276. The van der Waals surface area contributed by atoms with Gasteiger partial charge < -0.3 is 5.11 Å². The number of aliphatic hydroxyl groups excluding tert-OH is 1. The van der Waals surface area contributed by atoms with Crippen molar-refractivity contribution in [2.24, 2.45) is 7.05 Å². The minimum absolute atomic E-state index is 0.276. The summed E-state index contributed by atoms with van der Waals surface area (Å²) >= 11 is 0. The van der Waals surface area contributed by atoms with Crippen molar-refractivity contribution in [3.63, 3.8) is 0 Å². The lowest BCUT2D eigenvalue weighted by Gasteiger charge is -2.07. The molecule has 1 N–H and O–H groups in total. The lowest BCUT2D eigenvalue weighted by atomic mass is 10.3. The molecular weight excluding hydrogens is 309 g/mol. The van der Waals surface area contributed by atoms with Gasteiger partial charge in [0.2, 0.25) is 9.84 Å². The van der Waals surface area contributed by atoms with E-state index in [4.69, 9.17) is 0 Å². The predicted molar refractivity (Wildman–Crippen MR) is 65.9 cm³/mol. The van der Waals surface area contributed by atoms with Crippen molar-refractivity contribution >= 4 is 9.84 Å². The van der Waals surface area contributed by atoms with E-state index in [9.17, 15) is 26.7 Å². The summed E-state index contributed by atoms with van der Waals surface area (Å²) in [6.07, 6.45) is -3.02. The molecule has 0 atom stereocenters. The van der Waals surface area contributed by atoms with E-state index in [0.29, 0.717) is 0 Å². The van der Waals surface area contributed by atoms with Crippen molar-refractivity contribution in [3.05, 3.63) is 41.3 Å². The van der Waals surface area contributed by atoms with E-state index in [1.165, 1.54) is 7.05 Å². The molecule has 0 aliphatic heterocycles. The van der Waals surface area contributed by atoms with E-state index in [-0.39, 0.29) is 4.90 Å². The topological polar surface area (TPSA) is 72.2 Å². The summed E-state index contributed by atoms with van der Waals surface area (Å²) in [5.74, 6) is -0.630. The van der Waals surface area contributed by atoms with Crippen LogP contribution >= 0.6 is 0 Å². The van der Waals surface area contributed by atoms with Crippen LogP contribution in [0.2, 0.25) is 0 Å². The number of halogens is 3. The first-order valence-corrected chi connectivity index (χ1v) is 7.22. The number of nitrogens with zero attached hydrogens (tertiary/aromatic N) is 2. The van der Waals surface area contributed by atoms with Gasteiger partial charge in [-0.2, -0.15) is 5.10 Å². The largest absolute Gasteiger partial charge is 0.391 e. The highest BCUT2D eigenvalue weighted by atomic mass is 32.2. The van der Waals surface area contributed by atoms with Gasteiger partial charge in [0.25, 0.3) is 6.43 Å². The van der Waals surface area contributed by atoms with Gasteiger partial charge in [0.1, 0.15) is 11.5 Å². The van der Waals surface area contributed by atoms with Crippen LogP contribution in [0, 0.1) is 5.82 Å². The van der Waals surface area contributed by atoms with Crippen molar-refractivity contribution in [3.8, 4) is 0 Å². The van der Waals surface area contributed by atoms with Crippen molar-refractivity contribution in [2.45, 2.75) is 23.0 Å². The molecule has 1 heterocycles. The number of hydrogen-bond donors (Lipinski definition) is 1. The van der Waals surface area contributed by atoms with Crippen LogP contribution in [-0.4, -0.2) is 23.3 Å². The highest BCUT2D eigenvalue weighted by molar-refractivity contribution is 7.91. The number of rotatable bonds is 4. The molecule has 114 valence electrons. The summed E-state index contributed by atoms with van der Waals surface area (Å²) < 4.78 is 64.2. The Balaban J connectivity index is 2.68. The maximum Gasteiger partial charge on any atom is 0.282 e. The average Bonchev–Trinajstić information content (AvgIpc) is 2.76. The van der Waals surface area contributed by atoms with Gasteiger partial charge in [-0.15, -0.1) is 0 Å². The Labute approximate surface area is 118 Å². The first kappa shape index (κ1) is 15.5. The number of hydrogen-bond acceptors (Lipinski definition) is 4. The van der Waals surface area contributed by atoms with Gasteiger partial charge in [0.15, 0.2) is 5.03 Å². The molecule has 0 spiro atoms. The predicted octanol–water partition coefficient (Wildman–Crippen LogP) is 1.82. The van der Waals surface area contributed by atoms with Crippen molar-refractivity contribution in [2.75, 3.05) is 0 Å². The van der Waals surface area contributed by atoms with Crippen LogP contribution in [-0.2, 0) is 23.5 Å². The zero-order valence-electron chi connectivity index (χ0n) is 10.8. The lowest BCUT2D eigenvalue weighted by molar-refractivity contribution is 0.141. The summed E-state index contributed by atoms with van der Waals surface area (Å²) in [7, 11) is -3.02. The smallest absolute Gasteiger partial charge is 0.282 e. The molecule has 21 heavy (non-hydrogen) atoms. The molecule has 9 heteroatoms. The minimum atomic E-state index is -4.20. The summed E-state index contributed by atoms with van der Waals surface area (Å²) in [5.41, 5.74) is -1.25. The van der Waals surface area contributed by atoms with Crippen LogP contribution in [0.15, 0.2) is 34.2 Å². The van der Waals surface area contributed by atoms with Gasteiger partial charge in [0, 0.05) is 12.6 Å². The second-order valence-electron chi connectivity index (χ2n) is 4.21. The van der Waals surface area contributed by atoms with Crippen molar-refractivity contribution < 1.29 is 26.7 Å². The van der Waals surface area contributed by atoms with Gasteiger partial charge in [-0.3, -0.25) is 4.68 Å². The van der Waals surface area contributed by atoms with Crippen LogP contribution in [0.4, 0.5) is 13.2 Å². The highest BCUT2D eigenvalue weighted by Crippen LogP contribution is 2.30. The second kappa shape index (κ2) is 5.49. The summed E-state index contributed by atoms with van der Waals surface area (Å²) in [6, 6.07) is 3.91. The normalized spacial score (nSPS) is 12.1. The maximum atomic E-state index is 12.9. The van der Waals surface area contributed by atoms with E-state index in [1.54, 1.807) is 0 Å². The molecule has 0 amide bonds. The average molecular weight is 320 g/mol. The molecule has 0 aliphatic rings. The molecular formula is C12H11F3N2O3S. The van der Waals surface area contributed by atoms with Gasteiger partial charge >= 0.3 is 0 Å². The van der Waals surface area contributed by atoms with Crippen LogP contribution in [0.3, 0.4) is 0 Å². The fraction of sp³-hybridized carbons (Fsp3) is 0.250.